The first-order chi connectivity index (χ1) is 14.2. The SMILES string of the molecule is O=C(Nc1ccccc1F)c1ccc(Oc2ncccc2-c2ccncn2)cc1. The lowest BCUT2D eigenvalue weighted by Gasteiger charge is -2.10. The molecule has 1 N–H and O–H groups in total. The first-order valence-corrected chi connectivity index (χ1v) is 8.76. The number of halogens is 1. The molecule has 0 spiro atoms. The Labute approximate surface area is 166 Å². The van der Waals surface area contributed by atoms with E-state index in [0.29, 0.717) is 22.9 Å². The van der Waals surface area contributed by atoms with Crippen LogP contribution in [0.4, 0.5) is 10.1 Å². The molecule has 0 aliphatic rings. The minimum atomic E-state index is -0.492. The number of carbonyl (C=O) groups excluding carboxylic acids is 1. The van der Waals surface area contributed by atoms with Gasteiger partial charge in [-0.3, -0.25) is 4.79 Å². The number of pyridine rings is 1. The highest BCUT2D eigenvalue weighted by Gasteiger charge is 2.12. The fourth-order valence-electron chi connectivity index (χ4n) is 2.66. The Kier molecular flexibility index (Phi) is 5.20. The van der Waals surface area contributed by atoms with Gasteiger partial charge in [0, 0.05) is 18.0 Å². The molecule has 0 saturated heterocycles. The first kappa shape index (κ1) is 18.2. The zero-order valence-corrected chi connectivity index (χ0v) is 15.1. The van der Waals surface area contributed by atoms with Crippen molar-refractivity contribution in [2.24, 2.45) is 0 Å². The van der Waals surface area contributed by atoms with Crippen LogP contribution < -0.4 is 10.1 Å². The summed E-state index contributed by atoms with van der Waals surface area (Å²) in [7, 11) is 0. The van der Waals surface area contributed by atoms with E-state index in [0.717, 1.165) is 5.56 Å². The lowest BCUT2D eigenvalue weighted by molar-refractivity contribution is 0.102. The van der Waals surface area contributed by atoms with Crippen LogP contribution in [0.2, 0.25) is 0 Å². The molecule has 7 heteroatoms. The summed E-state index contributed by atoms with van der Waals surface area (Å²) in [4.78, 5) is 24.7. The van der Waals surface area contributed by atoms with E-state index in [1.165, 1.54) is 18.5 Å². The number of para-hydroxylation sites is 1. The minimum absolute atomic E-state index is 0.126. The summed E-state index contributed by atoms with van der Waals surface area (Å²) in [6.07, 6.45) is 4.72. The number of nitrogens with zero attached hydrogens (tertiary/aromatic N) is 3. The van der Waals surface area contributed by atoms with Gasteiger partial charge in [-0.2, -0.15) is 0 Å². The van der Waals surface area contributed by atoms with Crippen molar-refractivity contribution in [2.75, 3.05) is 5.32 Å². The number of nitrogens with one attached hydrogen (secondary N) is 1. The summed E-state index contributed by atoms with van der Waals surface area (Å²) < 4.78 is 19.6. The van der Waals surface area contributed by atoms with Crippen molar-refractivity contribution in [3.05, 3.63) is 96.8 Å². The van der Waals surface area contributed by atoms with E-state index in [1.54, 1.807) is 60.9 Å². The van der Waals surface area contributed by atoms with E-state index < -0.39 is 11.7 Å². The number of hydrogen-bond acceptors (Lipinski definition) is 5. The van der Waals surface area contributed by atoms with E-state index in [2.05, 4.69) is 20.3 Å². The van der Waals surface area contributed by atoms with Crippen LogP contribution in [-0.4, -0.2) is 20.9 Å². The molecular weight excluding hydrogens is 371 g/mol. The smallest absolute Gasteiger partial charge is 0.255 e. The van der Waals surface area contributed by atoms with Gasteiger partial charge >= 0.3 is 0 Å². The Morgan fingerprint density at radius 3 is 2.48 bits per heavy atom. The van der Waals surface area contributed by atoms with E-state index in [1.807, 2.05) is 6.07 Å². The number of ether oxygens (including phenoxy) is 1. The Morgan fingerprint density at radius 1 is 0.897 bits per heavy atom. The Balaban J connectivity index is 1.51. The molecular formula is C22H15FN4O2. The predicted octanol–water partition coefficient (Wildman–Crippen LogP) is 4.72. The molecule has 2 aromatic carbocycles. The van der Waals surface area contributed by atoms with Crippen molar-refractivity contribution < 1.29 is 13.9 Å². The van der Waals surface area contributed by atoms with Crippen LogP contribution in [0.3, 0.4) is 0 Å². The average molecular weight is 386 g/mol. The zero-order chi connectivity index (χ0) is 20.1. The molecule has 4 aromatic rings. The normalized spacial score (nSPS) is 10.4. The molecule has 0 aliphatic carbocycles. The van der Waals surface area contributed by atoms with Crippen LogP contribution in [0.25, 0.3) is 11.3 Å². The first-order valence-electron chi connectivity index (χ1n) is 8.76. The second kappa shape index (κ2) is 8.26. The van der Waals surface area contributed by atoms with Crippen molar-refractivity contribution in [1.29, 1.82) is 0 Å². The highest BCUT2D eigenvalue weighted by atomic mass is 19.1. The fraction of sp³-hybridized carbons (Fsp3) is 0. The third-order valence-electron chi connectivity index (χ3n) is 4.08. The quantitative estimate of drug-likeness (QED) is 0.537. The number of hydrogen-bond donors (Lipinski definition) is 1. The maximum absolute atomic E-state index is 13.7. The van der Waals surface area contributed by atoms with Crippen molar-refractivity contribution in [1.82, 2.24) is 15.0 Å². The number of benzene rings is 2. The van der Waals surface area contributed by atoms with Crippen LogP contribution in [0.5, 0.6) is 11.6 Å². The fourth-order valence-corrected chi connectivity index (χ4v) is 2.66. The molecule has 0 radical (unpaired) electrons. The monoisotopic (exact) mass is 386 g/mol. The van der Waals surface area contributed by atoms with Crippen molar-refractivity contribution in [3.63, 3.8) is 0 Å². The maximum Gasteiger partial charge on any atom is 0.255 e. The van der Waals surface area contributed by atoms with E-state index in [9.17, 15) is 9.18 Å². The second-order valence-electron chi connectivity index (χ2n) is 6.01. The molecule has 0 atom stereocenters. The lowest BCUT2D eigenvalue weighted by atomic mass is 10.2. The molecule has 29 heavy (non-hydrogen) atoms. The van der Waals surface area contributed by atoms with Crippen LogP contribution >= 0.6 is 0 Å². The van der Waals surface area contributed by atoms with Gasteiger partial charge in [-0.25, -0.2) is 19.3 Å². The van der Waals surface area contributed by atoms with E-state index >= 15 is 0 Å². The van der Waals surface area contributed by atoms with Gasteiger partial charge in [-0.05, 0) is 54.6 Å². The molecule has 2 heterocycles. The Bertz CT molecular complexity index is 1130. The highest BCUT2D eigenvalue weighted by Crippen LogP contribution is 2.29. The zero-order valence-electron chi connectivity index (χ0n) is 15.1. The van der Waals surface area contributed by atoms with Gasteiger partial charge in [0.25, 0.3) is 5.91 Å². The summed E-state index contributed by atoms with van der Waals surface area (Å²) in [5, 5.41) is 2.54. The second-order valence-corrected chi connectivity index (χ2v) is 6.01. The van der Waals surface area contributed by atoms with Gasteiger partial charge in [-0.15, -0.1) is 0 Å². The lowest BCUT2D eigenvalue weighted by Crippen LogP contribution is -2.12. The summed E-state index contributed by atoms with van der Waals surface area (Å²) in [6.45, 7) is 0. The van der Waals surface area contributed by atoms with Gasteiger partial charge in [0.15, 0.2) is 0 Å². The third-order valence-corrected chi connectivity index (χ3v) is 4.08. The molecule has 1 amide bonds. The third kappa shape index (κ3) is 4.24. The van der Waals surface area contributed by atoms with Gasteiger partial charge in [0.2, 0.25) is 5.88 Å². The van der Waals surface area contributed by atoms with Crippen molar-refractivity contribution >= 4 is 11.6 Å². The number of aromatic nitrogens is 3. The summed E-state index contributed by atoms with van der Waals surface area (Å²) in [5.41, 5.74) is 1.90. The highest BCUT2D eigenvalue weighted by molar-refractivity contribution is 6.04. The molecule has 4 rings (SSSR count). The molecule has 142 valence electrons. The Morgan fingerprint density at radius 2 is 1.72 bits per heavy atom. The van der Waals surface area contributed by atoms with Gasteiger partial charge in [-0.1, -0.05) is 12.1 Å². The van der Waals surface area contributed by atoms with Crippen LogP contribution in [0, 0.1) is 5.82 Å². The van der Waals surface area contributed by atoms with E-state index in [-0.39, 0.29) is 5.69 Å². The predicted molar refractivity (Wildman–Crippen MR) is 106 cm³/mol. The molecule has 2 aromatic heterocycles. The largest absolute Gasteiger partial charge is 0.438 e. The standard InChI is InChI=1S/C22H15FN4O2/c23-18-5-1-2-6-20(18)27-21(28)15-7-9-16(10-8-15)29-22-17(4-3-12-25-22)19-11-13-24-14-26-19/h1-14H,(H,27,28). The van der Waals surface area contributed by atoms with Gasteiger partial charge < -0.3 is 10.1 Å². The number of anilines is 1. The minimum Gasteiger partial charge on any atom is -0.438 e. The maximum atomic E-state index is 13.7. The number of carbonyl (C=O) groups is 1. The summed E-state index contributed by atoms with van der Waals surface area (Å²) in [5.74, 6) is -0.0226. The topological polar surface area (TPSA) is 77.0 Å². The van der Waals surface area contributed by atoms with E-state index in [4.69, 9.17) is 4.74 Å². The van der Waals surface area contributed by atoms with Crippen LogP contribution in [0.15, 0.2) is 85.5 Å². The molecule has 0 fully saturated rings. The molecule has 0 saturated carbocycles. The molecule has 0 bridgehead atoms. The van der Waals surface area contributed by atoms with Crippen molar-refractivity contribution in [2.45, 2.75) is 0 Å². The average Bonchev–Trinajstić information content (AvgIpc) is 2.77. The molecule has 0 unspecified atom stereocenters. The summed E-state index contributed by atoms with van der Waals surface area (Å²) in [6, 6.07) is 17.9. The Hall–Kier alpha value is -4.13. The van der Waals surface area contributed by atoms with Crippen LogP contribution in [0.1, 0.15) is 10.4 Å². The molecule has 0 aliphatic heterocycles. The van der Waals surface area contributed by atoms with Crippen molar-refractivity contribution in [3.8, 4) is 22.9 Å². The van der Waals surface area contributed by atoms with Gasteiger partial charge in [0.05, 0.1) is 16.9 Å². The summed E-state index contributed by atoms with van der Waals surface area (Å²) >= 11 is 0. The number of rotatable bonds is 5. The molecule has 6 nitrogen and oxygen atoms in total. The number of amides is 1. The van der Waals surface area contributed by atoms with Crippen LogP contribution in [-0.2, 0) is 0 Å². The van der Waals surface area contributed by atoms with Gasteiger partial charge in [0.1, 0.15) is 17.9 Å².